The van der Waals surface area contributed by atoms with Crippen molar-refractivity contribution in [1.29, 1.82) is 0 Å². The average Bonchev–Trinajstić information content (AvgIpc) is 3.50. The van der Waals surface area contributed by atoms with Crippen molar-refractivity contribution in [3.05, 3.63) is 118 Å². The summed E-state index contributed by atoms with van der Waals surface area (Å²) >= 11 is 1.25. The van der Waals surface area contributed by atoms with Crippen LogP contribution in [0.1, 0.15) is 27.2 Å². The zero-order chi connectivity index (χ0) is 23.9. The van der Waals surface area contributed by atoms with E-state index in [0.717, 1.165) is 21.9 Å². The van der Waals surface area contributed by atoms with Crippen molar-refractivity contribution < 1.29 is 13.6 Å². The average molecular weight is 479 g/mol. The van der Waals surface area contributed by atoms with Crippen LogP contribution in [-0.2, 0) is 6.42 Å². The molecular weight excluding hydrogens is 460 g/mol. The monoisotopic (exact) mass is 478 g/mol. The van der Waals surface area contributed by atoms with E-state index in [1.54, 1.807) is 24.4 Å². The highest BCUT2D eigenvalue weighted by atomic mass is 32.1. The number of carbonyl (C=O) groups is 1. The fourth-order valence-electron chi connectivity index (χ4n) is 4.15. The van der Waals surface area contributed by atoms with E-state index in [9.17, 15) is 9.59 Å². The summed E-state index contributed by atoms with van der Waals surface area (Å²) < 4.78 is 11.3. The van der Waals surface area contributed by atoms with Gasteiger partial charge in [-0.2, -0.15) is 0 Å². The lowest BCUT2D eigenvalue weighted by Gasteiger charge is -2.05. The molecule has 0 atom stereocenters. The van der Waals surface area contributed by atoms with Crippen LogP contribution in [0.15, 0.2) is 98.7 Å². The van der Waals surface area contributed by atoms with Crippen molar-refractivity contribution in [3.8, 4) is 10.4 Å². The standard InChI is InChI=1S/C28H18N2O4S/c29-28-30-15-25(35-28)21-13-19-11-16(7-9-23(19)34-27(21)32)10-17-6-8-22-20(12-17)14-24(33-22)26(31)18-4-2-1-3-5-18/h1-9,11-15H,10H2,(H2,29,30). The number of ketones is 1. The van der Waals surface area contributed by atoms with E-state index in [1.807, 2.05) is 60.7 Å². The summed E-state index contributed by atoms with van der Waals surface area (Å²) in [5.41, 5.74) is 9.67. The smallest absolute Gasteiger partial charge is 0.345 e. The number of furan rings is 1. The summed E-state index contributed by atoms with van der Waals surface area (Å²) in [5.74, 6) is 0.179. The lowest BCUT2D eigenvalue weighted by atomic mass is 10.0. The maximum absolute atomic E-state index is 12.7. The molecule has 6 rings (SSSR count). The molecule has 0 saturated carbocycles. The molecule has 7 heteroatoms. The zero-order valence-corrected chi connectivity index (χ0v) is 19.2. The summed E-state index contributed by atoms with van der Waals surface area (Å²) in [6.45, 7) is 0. The van der Waals surface area contributed by atoms with E-state index >= 15 is 0 Å². The van der Waals surface area contributed by atoms with Crippen molar-refractivity contribution >= 4 is 44.2 Å². The normalized spacial score (nSPS) is 11.3. The second-order valence-electron chi connectivity index (χ2n) is 8.24. The van der Waals surface area contributed by atoms with Gasteiger partial charge in [-0.1, -0.05) is 53.8 Å². The number of fused-ring (bicyclic) bond motifs is 2. The first-order valence-corrected chi connectivity index (χ1v) is 11.8. The number of nitrogens with two attached hydrogens (primary N) is 1. The summed E-state index contributed by atoms with van der Waals surface area (Å²) in [7, 11) is 0. The fourth-order valence-corrected chi connectivity index (χ4v) is 4.84. The lowest BCUT2D eigenvalue weighted by Crippen LogP contribution is -2.01. The number of anilines is 1. The van der Waals surface area contributed by atoms with Crippen LogP contribution in [0.4, 0.5) is 5.13 Å². The molecule has 3 aromatic heterocycles. The van der Waals surface area contributed by atoms with Crippen molar-refractivity contribution in [3.63, 3.8) is 0 Å². The Bertz CT molecular complexity index is 1780. The van der Waals surface area contributed by atoms with Gasteiger partial charge in [0.2, 0.25) is 5.78 Å². The Balaban J connectivity index is 1.31. The minimum absolute atomic E-state index is 0.141. The molecule has 0 spiro atoms. The molecule has 0 unspecified atom stereocenters. The number of thiazole rings is 1. The summed E-state index contributed by atoms with van der Waals surface area (Å²) in [6.07, 6.45) is 2.25. The second-order valence-corrected chi connectivity index (χ2v) is 9.30. The molecular formula is C28H18N2O4S. The second kappa shape index (κ2) is 8.38. The number of nitrogen functional groups attached to an aromatic ring is 1. The molecule has 0 aliphatic carbocycles. The van der Waals surface area contributed by atoms with Gasteiger partial charge < -0.3 is 14.6 Å². The number of rotatable bonds is 5. The van der Waals surface area contributed by atoms with Gasteiger partial charge >= 0.3 is 5.63 Å². The highest BCUT2D eigenvalue weighted by Gasteiger charge is 2.15. The molecule has 0 aliphatic rings. The number of nitrogens with zero attached hydrogens (tertiary/aromatic N) is 1. The number of hydrogen-bond acceptors (Lipinski definition) is 7. The van der Waals surface area contributed by atoms with Gasteiger partial charge in [0, 0.05) is 22.5 Å². The van der Waals surface area contributed by atoms with Crippen LogP contribution < -0.4 is 11.4 Å². The van der Waals surface area contributed by atoms with Gasteiger partial charge in [-0.15, -0.1) is 0 Å². The molecule has 35 heavy (non-hydrogen) atoms. The molecule has 6 nitrogen and oxygen atoms in total. The van der Waals surface area contributed by atoms with Crippen LogP contribution in [0, 0.1) is 0 Å². The van der Waals surface area contributed by atoms with Crippen molar-refractivity contribution in [2.24, 2.45) is 0 Å². The van der Waals surface area contributed by atoms with Crippen LogP contribution in [0.25, 0.3) is 32.4 Å². The van der Waals surface area contributed by atoms with Gasteiger partial charge in [-0.3, -0.25) is 4.79 Å². The largest absolute Gasteiger partial charge is 0.453 e. The molecule has 0 amide bonds. The molecule has 6 aromatic rings. The maximum atomic E-state index is 12.7. The van der Waals surface area contributed by atoms with Crippen LogP contribution in [0.2, 0.25) is 0 Å². The SMILES string of the molecule is Nc1ncc(-c2cc3cc(Cc4ccc5oc(C(=O)c6ccccc6)cc5c4)ccc3oc2=O)s1. The van der Waals surface area contributed by atoms with Crippen LogP contribution in [-0.4, -0.2) is 10.8 Å². The topological polar surface area (TPSA) is 99.3 Å². The number of carbonyl (C=O) groups excluding carboxylic acids is 1. The molecule has 0 aliphatic heterocycles. The molecule has 0 saturated heterocycles. The summed E-state index contributed by atoms with van der Waals surface area (Å²) in [4.78, 5) is 29.9. The Labute approximate surface area is 203 Å². The first-order valence-electron chi connectivity index (χ1n) is 10.9. The third-order valence-corrected chi connectivity index (χ3v) is 6.69. The van der Waals surface area contributed by atoms with Gasteiger partial charge in [0.15, 0.2) is 10.9 Å². The predicted octanol–water partition coefficient (Wildman–Crippen LogP) is 6.07. The van der Waals surface area contributed by atoms with E-state index in [4.69, 9.17) is 14.6 Å². The van der Waals surface area contributed by atoms with E-state index in [0.29, 0.717) is 44.5 Å². The number of hydrogen-bond donors (Lipinski definition) is 1. The van der Waals surface area contributed by atoms with Crippen LogP contribution >= 0.6 is 11.3 Å². The van der Waals surface area contributed by atoms with Gasteiger partial charge in [-0.25, -0.2) is 9.78 Å². The van der Waals surface area contributed by atoms with Crippen molar-refractivity contribution in [2.75, 3.05) is 5.73 Å². The van der Waals surface area contributed by atoms with E-state index in [-0.39, 0.29) is 5.78 Å². The van der Waals surface area contributed by atoms with Gasteiger partial charge in [0.1, 0.15) is 11.2 Å². The third-order valence-electron chi connectivity index (χ3n) is 5.83. The highest BCUT2D eigenvalue weighted by Crippen LogP contribution is 2.29. The third kappa shape index (κ3) is 4.02. The molecule has 0 bridgehead atoms. The van der Waals surface area contributed by atoms with Crippen molar-refractivity contribution in [2.45, 2.75) is 6.42 Å². The first kappa shape index (κ1) is 21.1. The fraction of sp³-hybridized carbons (Fsp3) is 0.0357. The summed E-state index contributed by atoms with van der Waals surface area (Å²) in [5, 5.41) is 2.10. The molecule has 3 heterocycles. The minimum Gasteiger partial charge on any atom is -0.453 e. The quantitative estimate of drug-likeness (QED) is 0.239. The highest BCUT2D eigenvalue weighted by molar-refractivity contribution is 7.18. The Hall–Kier alpha value is -4.49. The molecule has 170 valence electrons. The Morgan fingerprint density at radius 2 is 1.54 bits per heavy atom. The maximum Gasteiger partial charge on any atom is 0.345 e. The van der Waals surface area contributed by atoms with Gasteiger partial charge in [0.25, 0.3) is 0 Å². The molecule has 0 fully saturated rings. The Kier molecular flexibility index (Phi) is 5.04. The van der Waals surface area contributed by atoms with E-state index < -0.39 is 5.63 Å². The predicted molar refractivity (Wildman–Crippen MR) is 137 cm³/mol. The minimum atomic E-state index is -0.417. The van der Waals surface area contributed by atoms with E-state index in [1.165, 1.54) is 11.3 Å². The molecule has 0 radical (unpaired) electrons. The molecule has 3 aromatic carbocycles. The van der Waals surface area contributed by atoms with E-state index in [2.05, 4.69) is 4.98 Å². The van der Waals surface area contributed by atoms with Gasteiger partial charge in [-0.05, 0) is 53.9 Å². The number of aromatic nitrogens is 1. The first-order chi connectivity index (χ1) is 17.0. The lowest BCUT2D eigenvalue weighted by molar-refractivity contribution is 0.101. The number of benzene rings is 3. The zero-order valence-electron chi connectivity index (χ0n) is 18.4. The molecule has 2 N–H and O–H groups in total. The summed E-state index contributed by atoms with van der Waals surface area (Å²) in [6, 6.07) is 24.4. The van der Waals surface area contributed by atoms with Crippen molar-refractivity contribution in [1.82, 2.24) is 4.98 Å². The van der Waals surface area contributed by atoms with Crippen LogP contribution in [0.5, 0.6) is 0 Å². The van der Waals surface area contributed by atoms with Crippen LogP contribution in [0.3, 0.4) is 0 Å². The Morgan fingerprint density at radius 3 is 2.23 bits per heavy atom. The Morgan fingerprint density at radius 1 is 0.857 bits per heavy atom. The van der Waals surface area contributed by atoms with Gasteiger partial charge in [0.05, 0.1) is 10.4 Å².